The second-order valence-electron chi connectivity index (χ2n) is 6.19. The van der Waals surface area contributed by atoms with Gasteiger partial charge in [-0.3, -0.25) is 0 Å². The van der Waals surface area contributed by atoms with E-state index in [2.05, 4.69) is 0 Å². The number of ether oxygens (including phenoxy) is 1. The van der Waals surface area contributed by atoms with Crippen LogP contribution in [0.25, 0.3) is 0 Å². The van der Waals surface area contributed by atoms with Crippen LogP contribution in [-0.2, 0) is 0 Å². The molecule has 110 valence electrons. The molecule has 0 radical (unpaired) electrons. The van der Waals surface area contributed by atoms with E-state index in [1.165, 1.54) is 25.7 Å². The van der Waals surface area contributed by atoms with E-state index in [4.69, 9.17) is 27.9 Å². The number of aliphatic hydroxyl groups is 1. The highest BCUT2D eigenvalue weighted by Crippen LogP contribution is 2.51. The molecule has 0 amide bonds. The second-order valence-corrected chi connectivity index (χ2v) is 7.01. The smallest absolute Gasteiger partial charge is 0.138 e. The van der Waals surface area contributed by atoms with E-state index in [0.717, 1.165) is 23.8 Å². The lowest BCUT2D eigenvalue weighted by atomic mass is 9.83. The van der Waals surface area contributed by atoms with Gasteiger partial charge in [0.1, 0.15) is 5.75 Å². The molecule has 20 heavy (non-hydrogen) atoms. The Morgan fingerprint density at radius 1 is 1.25 bits per heavy atom. The quantitative estimate of drug-likeness (QED) is 0.859. The minimum Gasteiger partial charge on any atom is -0.495 e. The molecule has 0 aromatic heterocycles. The van der Waals surface area contributed by atoms with Crippen LogP contribution in [0.5, 0.6) is 5.75 Å². The molecule has 0 spiro atoms. The Bertz CT molecular complexity index is 503. The fourth-order valence-corrected chi connectivity index (χ4v) is 4.56. The zero-order chi connectivity index (χ0) is 14.3. The highest BCUT2D eigenvalue weighted by Gasteiger charge is 2.40. The van der Waals surface area contributed by atoms with Crippen molar-refractivity contribution in [1.29, 1.82) is 0 Å². The summed E-state index contributed by atoms with van der Waals surface area (Å²) in [6.45, 7) is 0. The van der Waals surface area contributed by atoms with Crippen LogP contribution in [0, 0.1) is 17.8 Å². The molecule has 2 aliphatic carbocycles. The Kier molecular flexibility index (Phi) is 4.16. The number of aliphatic hydroxyl groups excluding tert-OH is 1. The third-order valence-electron chi connectivity index (χ3n) is 5.04. The summed E-state index contributed by atoms with van der Waals surface area (Å²) in [6.07, 6.45) is 5.60. The molecule has 1 aromatic rings. The van der Waals surface area contributed by atoms with Gasteiger partial charge in [0, 0.05) is 11.6 Å². The first-order valence-corrected chi connectivity index (χ1v) is 8.05. The van der Waals surface area contributed by atoms with Gasteiger partial charge in [0.25, 0.3) is 0 Å². The average Bonchev–Trinajstić information content (AvgIpc) is 3.03. The van der Waals surface area contributed by atoms with E-state index >= 15 is 0 Å². The van der Waals surface area contributed by atoms with Crippen LogP contribution in [0.4, 0.5) is 0 Å². The molecule has 1 aromatic carbocycles. The van der Waals surface area contributed by atoms with Crippen molar-refractivity contribution in [3.8, 4) is 5.75 Å². The maximum Gasteiger partial charge on any atom is 0.138 e. The zero-order valence-electron chi connectivity index (χ0n) is 11.6. The van der Waals surface area contributed by atoms with Gasteiger partial charge in [-0.25, -0.2) is 0 Å². The molecule has 3 rings (SSSR count). The summed E-state index contributed by atoms with van der Waals surface area (Å²) < 4.78 is 5.14. The molecule has 0 heterocycles. The summed E-state index contributed by atoms with van der Waals surface area (Å²) in [5.74, 6) is 2.89. The predicted octanol–water partition coefficient (Wildman–Crippen LogP) is 4.86. The molecule has 2 bridgehead atoms. The Balaban J connectivity index is 1.74. The van der Waals surface area contributed by atoms with E-state index in [-0.39, 0.29) is 0 Å². The van der Waals surface area contributed by atoms with E-state index in [9.17, 15) is 5.11 Å². The summed E-state index contributed by atoms with van der Waals surface area (Å²) in [5.41, 5.74) is 0.722. The van der Waals surface area contributed by atoms with E-state index in [1.807, 2.05) is 0 Å². The van der Waals surface area contributed by atoms with Crippen LogP contribution in [0.1, 0.15) is 43.8 Å². The first kappa shape index (κ1) is 14.5. The van der Waals surface area contributed by atoms with Gasteiger partial charge in [-0.1, -0.05) is 29.6 Å². The lowest BCUT2D eigenvalue weighted by Crippen LogP contribution is -2.14. The van der Waals surface area contributed by atoms with E-state index < -0.39 is 6.10 Å². The van der Waals surface area contributed by atoms with Crippen molar-refractivity contribution in [3.63, 3.8) is 0 Å². The summed E-state index contributed by atoms with van der Waals surface area (Å²) in [6, 6.07) is 3.42. The highest BCUT2D eigenvalue weighted by atomic mass is 35.5. The molecule has 2 fully saturated rings. The summed E-state index contributed by atoms with van der Waals surface area (Å²) in [7, 11) is 1.56. The van der Waals surface area contributed by atoms with Gasteiger partial charge >= 0.3 is 0 Å². The van der Waals surface area contributed by atoms with E-state index in [1.54, 1.807) is 19.2 Å². The van der Waals surface area contributed by atoms with Crippen LogP contribution in [0.15, 0.2) is 12.1 Å². The van der Waals surface area contributed by atoms with Crippen molar-refractivity contribution in [1.82, 2.24) is 0 Å². The summed E-state index contributed by atoms with van der Waals surface area (Å²) in [4.78, 5) is 0. The van der Waals surface area contributed by atoms with Crippen LogP contribution < -0.4 is 4.74 Å². The van der Waals surface area contributed by atoms with Crippen LogP contribution in [0.3, 0.4) is 0 Å². The van der Waals surface area contributed by atoms with Gasteiger partial charge in [0.05, 0.1) is 23.3 Å². The van der Waals surface area contributed by atoms with Gasteiger partial charge in [-0.05, 0) is 49.5 Å². The lowest BCUT2D eigenvalue weighted by Gasteiger charge is -2.25. The number of hydrogen-bond acceptors (Lipinski definition) is 2. The van der Waals surface area contributed by atoms with Gasteiger partial charge in [0.15, 0.2) is 0 Å². The third-order valence-corrected chi connectivity index (χ3v) is 5.66. The van der Waals surface area contributed by atoms with Crippen molar-refractivity contribution >= 4 is 23.2 Å². The highest BCUT2D eigenvalue weighted by molar-refractivity contribution is 6.34. The molecule has 2 saturated carbocycles. The van der Waals surface area contributed by atoms with Crippen LogP contribution >= 0.6 is 23.2 Å². The van der Waals surface area contributed by atoms with Crippen molar-refractivity contribution in [3.05, 3.63) is 27.7 Å². The minimum atomic E-state index is -0.532. The Hall–Kier alpha value is -0.440. The average molecular weight is 315 g/mol. The normalized spacial score (nSPS) is 29.7. The minimum absolute atomic E-state index is 0.499. The van der Waals surface area contributed by atoms with Crippen LogP contribution in [-0.4, -0.2) is 12.2 Å². The van der Waals surface area contributed by atoms with E-state index in [0.29, 0.717) is 21.7 Å². The maximum atomic E-state index is 10.5. The van der Waals surface area contributed by atoms with Gasteiger partial charge < -0.3 is 9.84 Å². The Morgan fingerprint density at radius 2 is 2.05 bits per heavy atom. The zero-order valence-corrected chi connectivity index (χ0v) is 13.1. The van der Waals surface area contributed by atoms with Crippen LogP contribution in [0.2, 0.25) is 10.0 Å². The molecule has 2 aliphatic rings. The molecular weight excluding hydrogens is 295 g/mol. The molecular formula is C16H20Cl2O2. The molecule has 2 nitrogen and oxygen atoms in total. The lowest BCUT2D eigenvalue weighted by molar-refractivity contribution is 0.125. The first-order valence-electron chi connectivity index (χ1n) is 7.29. The number of hydrogen-bond donors (Lipinski definition) is 1. The summed E-state index contributed by atoms with van der Waals surface area (Å²) >= 11 is 12.4. The fraction of sp³-hybridized carbons (Fsp3) is 0.625. The number of benzene rings is 1. The second kappa shape index (κ2) is 5.75. The fourth-order valence-electron chi connectivity index (χ4n) is 4.03. The third kappa shape index (κ3) is 2.66. The Morgan fingerprint density at radius 3 is 2.65 bits per heavy atom. The summed E-state index contributed by atoms with van der Waals surface area (Å²) in [5, 5.41) is 11.5. The van der Waals surface area contributed by atoms with Gasteiger partial charge in [0.2, 0.25) is 0 Å². The number of halogens is 2. The number of fused-ring (bicyclic) bond motifs is 2. The predicted molar refractivity (Wildman–Crippen MR) is 81.5 cm³/mol. The largest absolute Gasteiger partial charge is 0.495 e. The maximum absolute atomic E-state index is 10.5. The van der Waals surface area contributed by atoms with Crippen molar-refractivity contribution in [2.75, 3.05) is 7.11 Å². The topological polar surface area (TPSA) is 29.5 Å². The standard InChI is InChI=1S/C16H20Cl2O2/c1-20-16-8-13(17)12(7-14(16)18)15(19)6-11-5-9-2-3-10(11)4-9/h7-11,15,19H,2-6H2,1H3. The molecule has 0 saturated heterocycles. The molecule has 4 heteroatoms. The van der Waals surface area contributed by atoms with Crippen molar-refractivity contribution in [2.24, 2.45) is 17.8 Å². The number of methoxy groups -OCH3 is 1. The number of rotatable bonds is 4. The van der Waals surface area contributed by atoms with Crippen molar-refractivity contribution in [2.45, 2.75) is 38.2 Å². The molecule has 0 aliphatic heterocycles. The van der Waals surface area contributed by atoms with Crippen molar-refractivity contribution < 1.29 is 9.84 Å². The first-order chi connectivity index (χ1) is 9.58. The molecule has 1 N–H and O–H groups in total. The molecule has 4 atom stereocenters. The monoisotopic (exact) mass is 314 g/mol. The van der Waals surface area contributed by atoms with Gasteiger partial charge in [-0.15, -0.1) is 0 Å². The Labute approximate surface area is 130 Å². The van der Waals surface area contributed by atoms with Gasteiger partial charge in [-0.2, -0.15) is 0 Å². The molecule has 4 unspecified atom stereocenters. The SMILES string of the molecule is COc1cc(Cl)c(C(O)CC2CC3CCC2C3)cc1Cl.